The average molecular weight is 251 g/mol. The number of nitrogens with one attached hydrogen (secondary N) is 2. The van der Waals surface area contributed by atoms with Crippen molar-refractivity contribution >= 4 is 23.4 Å². The summed E-state index contributed by atoms with van der Waals surface area (Å²) in [6, 6.07) is 6.14. The number of methoxy groups -OCH3 is 1. The van der Waals surface area contributed by atoms with Gasteiger partial charge in [0, 0.05) is 11.4 Å². The van der Waals surface area contributed by atoms with E-state index in [0.717, 1.165) is 0 Å². The molecule has 6 nitrogen and oxygen atoms in total. The molecule has 1 rings (SSSR count). The number of amides is 2. The van der Waals surface area contributed by atoms with Gasteiger partial charge in [0.1, 0.15) is 0 Å². The number of hydrogen-bond donors (Lipinski definition) is 3. The first kappa shape index (κ1) is 14.0. The molecule has 0 bridgehead atoms. The lowest BCUT2D eigenvalue weighted by Crippen LogP contribution is -2.34. The van der Waals surface area contributed by atoms with Gasteiger partial charge in [-0.1, -0.05) is 6.92 Å². The first-order valence-electron chi connectivity index (χ1n) is 5.58. The Morgan fingerprint density at radius 2 is 1.72 bits per heavy atom. The first-order valence-corrected chi connectivity index (χ1v) is 5.58. The van der Waals surface area contributed by atoms with Gasteiger partial charge in [0.25, 0.3) is 0 Å². The van der Waals surface area contributed by atoms with Crippen LogP contribution < -0.4 is 16.4 Å². The summed E-state index contributed by atoms with van der Waals surface area (Å²) in [5, 5.41) is 5.19. The van der Waals surface area contributed by atoms with Crippen molar-refractivity contribution < 1.29 is 14.3 Å². The summed E-state index contributed by atoms with van der Waals surface area (Å²) < 4.78 is 4.46. The fourth-order valence-corrected chi connectivity index (χ4v) is 1.23. The van der Waals surface area contributed by atoms with Crippen molar-refractivity contribution in [3.05, 3.63) is 24.3 Å². The van der Waals surface area contributed by atoms with Gasteiger partial charge >= 0.3 is 6.09 Å². The van der Waals surface area contributed by atoms with Crippen molar-refractivity contribution in [2.75, 3.05) is 17.7 Å². The lowest BCUT2D eigenvalue weighted by Gasteiger charge is -2.10. The minimum atomic E-state index is -0.542. The molecule has 0 aromatic heterocycles. The molecule has 4 N–H and O–H groups in total. The molecule has 1 aromatic carbocycles. The molecule has 0 saturated carbocycles. The van der Waals surface area contributed by atoms with Crippen LogP contribution in [-0.2, 0) is 9.53 Å². The van der Waals surface area contributed by atoms with Crippen LogP contribution in [0.3, 0.4) is 0 Å². The standard InChI is InChI=1S/C12H17N3O3/c1-3-10(13)11(16)14-8-4-6-9(7-5-8)15-12(17)18-2/h4-7,10H,3,13H2,1-2H3,(H,14,16)(H,15,17)/t10-/m0/s1. The van der Waals surface area contributed by atoms with Crippen molar-refractivity contribution in [2.45, 2.75) is 19.4 Å². The van der Waals surface area contributed by atoms with Crippen LogP contribution in [0.2, 0.25) is 0 Å². The molecule has 0 fully saturated rings. The molecule has 0 aliphatic rings. The fraction of sp³-hybridized carbons (Fsp3) is 0.333. The first-order chi connectivity index (χ1) is 8.56. The highest BCUT2D eigenvalue weighted by atomic mass is 16.5. The summed E-state index contributed by atoms with van der Waals surface area (Å²) in [5.41, 5.74) is 6.80. The van der Waals surface area contributed by atoms with Crippen LogP contribution in [-0.4, -0.2) is 25.2 Å². The Morgan fingerprint density at radius 1 is 1.22 bits per heavy atom. The van der Waals surface area contributed by atoms with Crippen molar-refractivity contribution in [1.29, 1.82) is 0 Å². The molecule has 1 atom stereocenters. The largest absolute Gasteiger partial charge is 0.453 e. The number of ether oxygens (including phenoxy) is 1. The smallest absolute Gasteiger partial charge is 0.411 e. The predicted octanol–water partition coefficient (Wildman–Crippen LogP) is 1.54. The zero-order valence-electron chi connectivity index (χ0n) is 10.4. The molecule has 18 heavy (non-hydrogen) atoms. The number of benzene rings is 1. The van der Waals surface area contributed by atoms with E-state index in [2.05, 4.69) is 15.4 Å². The normalized spacial score (nSPS) is 11.5. The number of carbonyl (C=O) groups excluding carboxylic acids is 2. The van der Waals surface area contributed by atoms with Crippen molar-refractivity contribution in [3.8, 4) is 0 Å². The second-order valence-electron chi connectivity index (χ2n) is 3.70. The second-order valence-corrected chi connectivity index (χ2v) is 3.70. The van der Waals surface area contributed by atoms with Gasteiger partial charge in [-0.2, -0.15) is 0 Å². The third-order valence-electron chi connectivity index (χ3n) is 2.36. The van der Waals surface area contributed by atoms with Crippen molar-refractivity contribution in [2.24, 2.45) is 5.73 Å². The Labute approximate surface area is 105 Å². The van der Waals surface area contributed by atoms with E-state index in [1.807, 2.05) is 6.92 Å². The van der Waals surface area contributed by atoms with Crippen molar-refractivity contribution in [3.63, 3.8) is 0 Å². The van der Waals surface area contributed by atoms with E-state index in [-0.39, 0.29) is 5.91 Å². The van der Waals surface area contributed by atoms with Crippen LogP contribution >= 0.6 is 0 Å². The summed E-state index contributed by atoms with van der Waals surface area (Å²) in [4.78, 5) is 22.5. The van der Waals surface area contributed by atoms with E-state index in [4.69, 9.17) is 5.73 Å². The fourth-order valence-electron chi connectivity index (χ4n) is 1.23. The maximum Gasteiger partial charge on any atom is 0.411 e. The van der Waals surface area contributed by atoms with Crippen molar-refractivity contribution in [1.82, 2.24) is 0 Å². The second kappa shape index (κ2) is 6.61. The minimum absolute atomic E-state index is 0.230. The summed E-state index contributed by atoms with van der Waals surface area (Å²) in [6.07, 6.45) is 0.0353. The van der Waals surface area contributed by atoms with Gasteiger partial charge in [-0.25, -0.2) is 4.79 Å². The van der Waals surface area contributed by atoms with E-state index < -0.39 is 12.1 Å². The maximum atomic E-state index is 11.5. The zero-order valence-corrected chi connectivity index (χ0v) is 10.4. The molecule has 0 saturated heterocycles. The van der Waals surface area contributed by atoms with Gasteiger partial charge < -0.3 is 15.8 Å². The van der Waals surface area contributed by atoms with E-state index >= 15 is 0 Å². The molecular formula is C12H17N3O3. The number of hydrogen-bond acceptors (Lipinski definition) is 4. The number of nitrogens with two attached hydrogens (primary N) is 1. The highest BCUT2D eigenvalue weighted by Crippen LogP contribution is 2.14. The quantitative estimate of drug-likeness (QED) is 0.756. The molecule has 0 radical (unpaired) electrons. The third kappa shape index (κ3) is 4.06. The molecule has 0 heterocycles. The highest BCUT2D eigenvalue weighted by Gasteiger charge is 2.10. The van der Waals surface area contributed by atoms with Gasteiger partial charge in [-0.15, -0.1) is 0 Å². The number of anilines is 2. The van der Waals surface area contributed by atoms with Crippen LogP contribution in [0.4, 0.5) is 16.2 Å². The Kier molecular flexibility index (Phi) is 5.13. The van der Waals surface area contributed by atoms with Crippen LogP contribution in [0.5, 0.6) is 0 Å². The van der Waals surface area contributed by atoms with Gasteiger partial charge in [-0.05, 0) is 30.7 Å². The van der Waals surface area contributed by atoms with E-state index in [1.165, 1.54) is 7.11 Å². The molecule has 1 aromatic rings. The van der Waals surface area contributed by atoms with E-state index in [9.17, 15) is 9.59 Å². The summed E-state index contributed by atoms with van der Waals surface area (Å²) in [6.45, 7) is 1.84. The molecule has 6 heteroatoms. The van der Waals surface area contributed by atoms with Gasteiger partial charge in [0.2, 0.25) is 5.91 Å². The van der Waals surface area contributed by atoms with Gasteiger partial charge in [-0.3, -0.25) is 10.1 Å². The lowest BCUT2D eigenvalue weighted by atomic mass is 10.2. The molecule has 2 amide bonds. The number of rotatable bonds is 4. The lowest BCUT2D eigenvalue weighted by molar-refractivity contribution is -0.117. The van der Waals surface area contributed by atoms with Crippen LogP contribution in [0, 0.1) is 0 Å². The topological polar surface area (TPSA) is 93.5 Å². The summed E-state index contributed by atoms with van der Waals surface area (Å²) in [5.74, 6) is -0.230. The maximum absolute atomic E-state index is 11.5. The Hall–Kier alpha value is -2.08. The Bertz CT molecular complexity index is 417. The van der Waals surface area contributed by atoms with E-state index in [1.54, 1.807) is 24.3 Å². The predicted molar refractivity (Wildman–Crippen MR) is 69.4 cm³/mol. The molecular weight excluding hydrogens is 234 g/mol. The third-order valence-corrected chi connectivity index (χ3v) is 2.36. The highest BCUT2D eigenvalue weighted by molar-refractivity contribution is 5.95. The summed E-state index contributed by atoms with van der Waals surface area (Å²) in [7, 11) is 1.29. The molecule has 0 unspecified atom stereocenters. The van der Waals surface area contributed by atoms with Crippen LogP contribution in [0.15, 0.2) is 24.3 Å². The Balaban J connectivity index is 2.60. The molecule has 0 spiro atoms. The zero-order chi connectivity index (χ0) is 13.5. The SMILES string of the molecule is CC[C@H](N)C(=O)Nc1ccc(NC(=O)OC)cc1. The number of carbonyl (C=O) groups is 2. The minimum Gasteiger partial charge on any atom is -0.453 e. The average Bonchev–Trinajstić information content (AvgIpc) is 2.39. The summed E-state index contributed by atoms with van der Waals surface area (Å²) >= 11 is 0. The monoisotopic (exact) mass is 251 g/mol. The molecule has 0 aliphatic carbocycles. The van der Waals surface area contributed by atoms with Gasteiger partial charge in [0.05, 0.1) is 13.2 Å². The molecule has 0 aliphatic heterocycles. The van der Waals surface area contributed by atoms with Gasteiger partial charge in [0.15, 0.2) is 0 Å². The van der Waals surface area contributed by atoms with Crippen LogP contribution in [0.1, 0.15) is 13.3 Å². The van der Waals surface area contributed by atoms with E-state index in [0.29, 0.717) is 17.8 Å². The van der Waals surface area contributed by atoms with Crippen LogP contribution in [0.25, 0.3) is 0 Å². The Morgan fingerprint density at radius 3 is 2.17 bits per heavy atom. The molecule has 98 valence electrons.